The van der Waals surface area contributed by atoms with Gasteiger partial charge in [-0.15, -0.1) is 0 Å². The number of nitrogens with two attached hydrogens (primary N) is 1. The standard InChI is InChI=1S/C19H19N3O3S.C2HF3O2/c20-19(21)16-6-3-7-17(12-16)25-11-10-22-26(23,24)18-9-8-14-4-1-2-5-15(14)13-18;3-2(4,5)1(6)7/h1-9,12-13,22H,10-11H2,(H3,20,21);(H,6,7). The van der Waals surface area contributed by atoms with E-state index in [9.17, 15) is 21.6 Å². The van der Waals surface area contributed by atoms with E-state index in [1.54, 1.807) is 42.5 Å². The Morgan fingerprint density at radius 1 is 1.03 bits per heavy atom. The second-order valence-electron chi connectivity index (χ2n) is 6.50. The quantitative estimate of drug-likeness (QED) is 0.231. The molecule has 0 saturated heterocycles. The number of sulfonamides is 1. The van der Waals surface area contributed by atoms with Gasteiger partial charge in [-0.3, -0.25) is 5.41 Å². The largest absolute Gasteiger partial charge is 0.492 e. The first-order valence-corrected chi connectivity index (χ1v) is 10.7. The van der Waals surface area contributed by atoms with Gasteiger partial charge in [0, 0.05) is 12.1 Å². The van der Waals surface area contributed by atoms with Gasteiger partial charge in [-0.05, 0) is 35.0 Å². The third kappa shape index (κ3) is 7.77. The number of amidine groups is 1. The lowest BCUT2D eigenvalue weighted by Gasteiger charge is -2.10. The van der Waals surface area contributed by atoms with Crippen LogP contribution in [0.15, 0.2) is 71.6 Å². The average molecular weight is 483 g/mol. The van der Waals surface area contributed by atoms with Gasteiger partial charge in [-0.25, -0.2) is 17.9 Å². The molecular weight excluding hydrogens is 463 g/mol. The third-order valence-electron chi connectivity index (χ3n) is 4.08. The fourth-order valence-electron chi connectivity index (χ4n) is 2.52. The van der Waals surface area contributed by atoms with Crippen molar-refractivity contribution in [3.63, 3.8) is 0 Å². The van der Waals surface area contributed by atoms with Gasteiger partial charge in [0.1, 0.15) is 18.2 Å². The van der Waals surface area contributed by atoms with E-state index >= 15 is 0 Å². The molecule has 0 aromatic heterocycles. The smallest absolute Gasteiger partial charge is 0.490 e. The molecule has 0 heterocycles. The number of rotatable bonds is 7. The fraction of sp³-hybridized carbons (Fsp3) is 0.143. The number of nitrogen functional groups attached to an aromatic ring is 1. The van der Waals surface area contributed by atoms with Crippen molar-refractivity contribution in [2.45, 2.75) is 11.1 Å². The van der Waals surface area contributed by atoms with E-state index in [0.717, 1.165) is 10.8 Å². The van der Waals surface area contributed by atoms with Gasteiger partial charge in [-0.2, -0.15) is 13.2 Å². The number of ether oxygens (including phenoxy) is 1. The first kappa shape index (κ1) is 25.6. The van der Waals surface area contributed by atoms with Crippen LogP contribution in [-0.2, 0) is 14.8 Å². The van der Waals surface area contributed by atoms with Crippen LogP contribution in [0, 0.1) is 5.41 Å². The van der Waals surface area contributed by atoms with Crippen molar-refractivity contribution < 1.29 is 36.2 Å². The number of benzene rings is 3. The molecular formula is C21H20F3N3O5S. The Balaban J connectivity index is 0.000000479. The van der Waals surface area contributed by atoms with E-state index in [1.807, 2.05) is 24.3 Å². The van der Waals surface area contributed by atoms with Crippen LogP contribution in [-0.4, -0.2) is 44.7 Å². The van der Waals surface area contributed by atoms with Crippen molar-refractivity contribution in [3.8, 4) is 5.75 Å². The van der Waals surface area contributed by atoms with E-state index in [1.165, 1.54) is 0 Å². The average Bonchev–Trinajstić information content (AvgIpc) is 2.76. The number of hydrogen-bond acceptors (Lipinski definition) is 5. The zero-order chi connectivity index (χ0) is 24.6. The highest BCUT2D eigenvalue weighted by atomic mass is 32.2. The molecule has 3 aromatic carbocycles. The number of nitrogens with one attached hydrogen (secondary N) is 2. The molecule has 0 aliphatic heterocycles. The predicted molar refractivity (Wildman–Crippen MR) is 116 cm³/mol. The summed E-state index contributed by atoms with van der Waals surface area (Å²) in [7, 11) is -3.61. The molecule has 3 rings (SSSR count). The number of hydrogen-bond donors (Lipinski definition) is 4. The van der Waals surface area contributed by atoms with Crippen LogP contribution < -0.4 is 15.2 Å². The second kappa shape index (κ2) is 10.8. The van der Waals surface area contributed by atoms with Crippen molar-refractivity contribution in [1.29, 1.82) is 5.41 Å². The summed E-state index contributed by atoms with van der Waals surface area (Å²) >= 11 is 0. The molecule has 176 valence electrons. The number of fused-ring (bicyclic) bond motifs is 1. The molecule has 0 spiro atoms. The number of carboxylic acids is 1. The van der Waals surface area contributed by atoms with Gasteiger partial charge in [0.2, 0.25) is 10.0 Å². The lowest BCUT2D eigenvalue weighted by atomic mass is 10.1. The third-order valence-corrected chi connectivity index (χ3v) is 5.54. The first-order chi connectivity index (χ1) is 15.4. The molecule has 8 nitrogen and oxygen atoms in total. The highest BCUT2D eigenvalue weighted by Gasteiger charge is 2.38. The van der Waals surface area contributed by atoms with Crippen LogP contribution in [0.3, 0.4) is 0 Å². The minimum Gasteiger partial charge on any atom is -0.492 e. The van der Waals surface area contributed by atoms with Crippen LogP contribution in [0.25, 0.3) is 10.8 Å². The Morgan fingerprint density at radius 3 is 2.27 bits per heavy atom. The van der Waals surface area contributed by atoms with Gasteiger partial charge in [0.25, 0.3) is 0 Å². The molecule has 0 fully saturated rings. The Hall–Kier alpha value is -3.64. The van der Waals surface area contributed by atoms with E-state index < -0.39 is 22.2 Å². The number of carboxylic acid groups (broad SMARTS) is 1. The van der Waals surface area contributed by atoms with E-state index in [2.05, 4.69) is 4.72 Å². The molecule has 3 aromatic rings. The molecule has 0 bridgehead atoms. The summed E-state index contributed by atoms with van der Waals surface area (Å²) in [6, 6.07) is 19.4. The van der Waals surface area contributed by atoms with Crippen molar-refractivity contribution in [3.05, 3.63) is 72.3 Å². The van der Waals surface area contributed by atoms with Crippen LogP contribution >= 0.6 is 0 Å². The van der Waals surface area contributed by atoms with Crippen LogP contribution in [0.1, 0.15) is 5.56 Å². The predicted octanol–water partition coefficient (Wildman–Crippen LogP) is 3.11. The summed E-state index contributed by atoms with van der Waals surface area (Å²) in [6.07, 6.45) is -5.08. The minimum absolute atomic E-state index is 0.0487. The van der Waals surface area contributed by atoms with E-state index in [0.29, 0.717) is 11.3 Å². The second-order valence-corrected chi connectivity index (χ2v) is 8.27. The molecule has 12 heteroatoms. The highest BCUT2D eigenvalue weighted by molar-refractivity contribution is 7.89. The van der Waals surface area contributed by atoms with Crippen molar-refractivity contribution in [2.75, 3.05) is 13.2 Å². The Labute approximate surface area is 187 Å². The summed E-state index contributed by atoms with van der Waals surface area (Å²) in [6.45, 7) is 0.285. The minimum atomic E-state index is -5.08. The van der Waals surface area contributed by atoms with Crippen LogP contribution in [0.4, 0.5) is 13.2 Å². The molecule has 0 saturated carbocycles. The first-order valence-electron chi connectivity index (χ1n) is 9.26. The molecule has 33 heavy (non-hydrogen) atoms. The summed E-state index contributed by atoms with van der Waals surface area (Å²) in [5.74, 6) is -2.28. The monoisotopic (exact) mass is 483 g/mol. The van der Waals surface area contributed by atoms with E-state index in [4.69, 9.17) is 25.8 Å². The number of carbonyl (C=O) groups is 1. The molecule has 0 amide bonds. The summed E-state index contributed by atoms with van der Waals surface area (Å²) in [5.41, 5.74) is 5.99. The fourth-order valence-corrected chi connectivity index (χ4v) is 3.56. The normalized spacial score (nSPS) is 11.4. The molecule has 0 atom stereocenters. The summed E-state index contributed by atoms with van der Waals surface area (Å²) < 4.78 is 64.6. The topological polar surface area (TPSA) is 143 Å². The lowest BCUT2D eigenvalue weighted by Crippen LogP contribution is -2.28. The summed E-state index contributed by atoms with van der Waals surface area (Å²) in [4.78, 5) is 9.11. The number of aliphatic carboxylic acids is 1. The zero-order valence-electron chi connectivity index (χ0n) is 17.0. The maximum Gasteiger partial charge on any atom is 0.490 e. The zero-order valence-corrected chi connectivity index (χ0v) is 17.8. The molecule has 5 N–H and O–H groups in total. The Morgan fingerprint density at radius 2 is 1.67 bits per heavy atom. The molecule has 0 radical (unpaired) electrons. The molecule has 0 aliphatic carbocycles. The van der Waals surface area contributed by atoms with Crippen molar-refractivity contribution in [1.82, 2.24) is 4.72 Å². The Bertz CT molecular complexity index is 1250. The highest BCUT2D eigenvalue weighted by Crippen LogP contribution is 2.19. The lowest BCUT2D eigenvalue weighted by molar-refractivity contribution is -0.192. The van der Waals surface area contributed by atoms with Gasteiger partial charge < -0.3 is 15.6 Å². The van der Waals surface area contributed by atoms with E-state index in [-0.39, 0.29) is 23.9 Å². The van der Waals surface area contributed by atoms with Gasteiger partial charge in [0.05, 0.1) is 4.90 Å². The van der Waals surface area contributed by atoms with Gasteiger partial charge >= 0.3 is 12.1 Å². The van der Waals surface area contributed by atoms with Gasteiger partial charge in [0.15, 0.2) is 0 Å². The van der Waals surface area contributed by atoms with Gasteiger partial charge in [-0.1, -0.05) is 42.5 Å². The van der Waals surface area contributed by atoms with Crippen molar-refractivity contribution >= 4 is 32.6 Å². The number of halogens is 3. The van der Waals surface area contributed by atoms with Crippen LogP contribution in [0.2, 0.25) is 0 Å². The maximum absolute atomic E-state index is 12.4. The maximum atomic E-state index is 12.4. The SMILES string of the molecule is N=C(N)c1cccc(OCCNS(=O)(=O)c2ccc3ccccc3c2)c1.O=C(O)C(F)(F)F. The van der Waals surface area contributed by atoms with Crippen molar-refractivity contribution in [2.24, 2.45) is 5.73 Å². The number of alkyl halides is 3. The molecule has 0 unspecified atom stereocenters. The molecule has 0 aliphatic rings. The Kier molecular flexibility index (Phi) is 8.38. The summed E-state index contributed by atoms with van der Waals surface area (Å²) in [5, 5.41) is 16.4. The van der Waals surface area contributed by atoms with Crippen LogP contribution in [0.5, 0.6) is 5.75 Å².